The third-order valence-electron chi connectivity index (χ3n) is 4.29. The van der Waals surface area contributed by atoms with Gasteiger partial charge in [-0.25, -0.2) is 9.18 Å². The van der Waals surface area contributed by atoms with Crippen LogP contribution < -0.4 is 14.8 Å². The number of halogens is 1. The lowest BCUT2D eigenvalue weighted by molar-refractivity contribution is -0.136. The molecule has 154 valence electrons. The second-order valence-electron chi connectivity index (χ2n) is 6.28. The number of nitrogens with zero attached hydrogens (tertiary/aromatic N) is 2. The van der Waals surface area contributed by atoms with Gasteiger partial charge in [0.25, 0.3) is 5.56 Å². The molecule has 0 unspecified atom stereocenters. The molecule has 3 rings (SSSR count). The van der Waals surface area contributed by atoms with Crippen LogP contribution in [0.4, 0.5) is 4.39 Å². The molecule has 0 aliphatic carbocycles. The van der Waals surface area contributed by atoms with Crippen molar-refractivity contribution in [2.45, 2.75) is 13.5 Å². The maximum atomic E-state index is 13.1. The first-order chi connectivity index (χ1) is 14.0. The standard InChI is InChI=1S/C20H21FN2O5S/c1-2-28-19(25)12-18-23(13-17(24)22-7-9-27-10-8-22)20(26)16(29-18)11-14-3-5-15(21)6-4-14/h3-6,11-12H,2,7-10,13H2,1H3. The molecule has 1 aliphatic heterocycles. The second kappa shape index (κ2) is 9.62. The van der Waals surface area contributed by atoms with E-state index < -0.39 is 11.5 Å². The zero-order chi connectivity index (χ0) is 20.8. The Bertz CT molecular complexity index is 1050. The Hall–Kier alpha value is -2.78. The molecule has 1 saturated heterocycles. The third-order valence-corrected chi connectivity index (χ3v) is 5.35. The summed E-state index contributed by atoms with van der Waals surface area (Å²) in [7, 11) is 0. The van der Waals surface area contributed by atoms with Crippen molar-refractivity contribution in [1.82, 2.24) is 9.47 Å². The van der Waals surface area contributed by atoms with E-state index in [-0.39, 0.29) is 24.9 Å². The first-order valence-electron chi connectivity index (χ1n) is 9.19. The molecular formula is C20H21FN2O5S. The first-order valence-corrected chi connectivity index (χ1v) is 10.0. The number of hydrogen-bond acceptors (Lipinski definition) is 6. The van der Waals surface area contributed by atoms with Crippen LogP contribution in [0.1, 0.15) is 12.5 Å². The van der Waals surface area contributed by atoms with E-state index in [0.717, 1.165) is 11.3 Å². The first kappa shape index (κ1) is 20.9. The molecule has 9 heteroatoms. The number of benzene rings is 1. The number of morpholine rings is 1. The summed E-state index contributed by atoms with van der Waals surface area (Å²) in [6, 6.07) is 5.69. The highest BCUT2D eigenvalue weighted by molar-refractivity contribution is 7.07. The van der Waals surface area contributed by atoms with Crippen LogP contribution >= 0.6 is 11.3 Å². The quantitative estimate of drug-likeness (QED) is 0.641. The number of thiazole rings is 1. The summed E-state index contributed by atoms with van der Waals surface area (Å²) in [6.45, 7) is 3.53. The minimum Gasteiger partial charge on any atom is -0.463 e. The van der Waals surface area contributed by atoms with Crippen molar-refractivity contribution in [1.29, 1.82) is 0 Å². The van der Waals surface area contributed by atoms with E-state index in [4.69, 9.17) is 9.47 Å². The molecule has 0 radical (unpaired) electrons. The topological polar surface area (TPSA) is 77.8 Å². The van der Waals surface area contributed by atoms with Gasteiger partial charge in [-0.15, -0.1) is 11.3 Å². The summed E-state index contributed by atoms with van der Waals surface area (Å²) in [5.74, 6) is -1.19. The maximum Gasteiger partial charge on any atom is 0.333 e. The molecule has 2 aromatic rings. The fraction of sp³-hybridized carbons (Fsp3) is 0.350. The predicted molar refractivity (Wildman–Crippen MR) is 106 cm³/mol. The lowest BCUT2D eigenvalue weighted by Gasteiger charge is -2.26. The molecule has 1 aliphatic rings. The molecule has 29 heavy (non-hydrogen) atoms. The van der Waals surface area contributed by atoms with Crippen molar-refractivity contribution in [3.63, 3.8) is 0 Å². The van der Waals surface area contributed by atoms with Crippen molar-refractivity contribution in [2.75, 3.05) is 32.9 Å². The Morgan fingerprint density at radius 3 is 2.59 bits per heavy atom. The number of rotatable bonds is 5. The van der Waals surface area contributed by atoms with Crippen LogP contribution in [0.5, 0.6) is 0 Å². The van der Waals surface area contributed by atoms with Crippen LogP contribution in [0, 0.1) is 5.82 Å². The number of amides is 1. The normalized spacial score (nSPS) is 15.6. The smallest absolute Gasteiger partial charge is 0.333 e. The van der Waals surface area contributed by atoms with Gasteiger partial charge in [0, 0.05) is 13.1 Å². The molecule has 0 bridgehead atoms. The van der Waals surface area contributed by atoms with Gasteiger partial charge in [0.2, 0.25) is 5.91 Å². The maximum absolute atomic E-state index is 13.1. The van der Waals surface area contributed by atoms with Gasteiger partial charge < -0.3 is 14.4 Å². The van der Waals surface area contributed by atoms with Crippen molar-refractivity contribution in [3.8, 4) is 0 Å². The zero-order valence-electron chi connectivity index (χ0n) is 15.9. The number of ether oxygens (including phenoxy) is 2. The van der Waals surface area contributed by atoms with E-state index >= 15 is 0 Å². The monoisotopic (exact) mass is 420 g/mol. The summed E-state index contributed by atoms with van der Waals surface area (Å²) < 4.78 is 25.2. The zero-order valence-corrected chi connectivity index (χ0v) is 16.7. The van der Waals surface area contributed by atoms with Crippen molar-refractivity contribution in [3.05, 3.63) is 55.2 Å². The van der Waals surface area contributed by atoms with Crippen LogP contribution in [-0.2, 0) is 25.6 Å². The van der Waals surface area contributed by atoms with E-state index in [1.165, 1.54) is 22.8 Å². The minimum atomic E-state index is -0.588. The molecule has 0 atom stereocenters. The summed E-state index contributed by atoms with van der Waals surface area (Å²) in [5.41, 5.74) is 0.246. The second-order valence-corrected chi connectivity index (χ2v) is 7.34. The van der Waals surface area contributed by atoms with Gasteiger partial charge in [0.1, 0.15) is 17.0 Å². The summed E-state index contributed by atoms with van der Waals surface area (Å²) >= 11 is 1.08. The summed E-state index contributed by atoms with van der Waals surface area (Å²) in [6.07, 6.45) is 2.81. The van der Waals surface area contributed by atoms with Crippen LogP contribution in [0.2, 0.25) is 0 Å². The molecule has 1 aromatic carbocycles. The highest BCUT2D eigenvalue weighted by Gasteiger charge is 2.19. The number of aromatic nitrogens is 1. The van der Waals surface area contributed by atoms with Gasteiger partial charge in [-0.3, -0.25) is 14.2 Å². The molecule has 0 spiro atoms. The molecule has 2 heterocycles. The van der Waals surface area contributed by atoms with Crippen LogP contribution in [0.15, 0.2) is 29.1 Å². The largest absolute Gasteiger partial charge is 0.463 e. The number of carbonyl (C=O) groups is 2. The van der Waals surface area contributed by atoms with Gasteiger partial charge >= 0.3 is 5.97 Å². The van der Waals surface area contributed by atoms with Crippen LogP contribution in [0.3, 0.4) is 0 Å². The lowest BCUT2D eigenvalue weighted by Crippen LogP contribution is -2.45. The summed E-state index contributed by atoms with van der Waals surface area (Å²) in [4.78, 5) is 39.1. The predicted octanol–water partition coefficient (Wildman–Crippen LogP) is 0.0801. The number of hydrogen-bond donors (Lipinski definition) is 0. The Morgan fingerprint density at radius 1 is 1.24 bits per heavy atom. The Balaban J connectivity index is 2.01. The average Bonchev–Trinajstić information content (AvgIpc) is 2.99. The van der Waals surface area contributed by atoms with Gasteiger partial charge in [0.15, 0.2) is 0 Å². The molecule has 0 N–H and O–H groups in total. The average molecular weight is 420 g/mol. The SMILES string of the molecule is CCOC(=O)C=c1sc(=Cc2ccc(F)cc2)c(=O)n1CC(=O)N1CCOCC1. The van der Waals surface area contributed by atoms with Crippen molar-refractivity contribution >= 4 is 35.4 Å². The van der Waals surface area contributed by atoms with E-state index in [1.54, 1.807) is 30.0 Å². The third kappa shape index (κ3) is 5.39. The van der Waals surface area contributed by atoms with Crippen LogP contribution in [-0.4, -0.2) is 54.3 Å². The highest BCUT2D eigenvalue weighted by Crippen LogP contribution is 2.03. The fourth-order valence-corrected chi connectivity index (χ4v) is 3.87. The van der Waals surface area contributed by atoms with Crippen LogP contribution in [0.25, 0.3) is 12.2 Å². The molecule has 1 aromatic heterocycles. The van der Waals surface area contributed by atoms with E-state index in [2.05, 4.69) is 0 Å². The van der Waals surface area contributed by atoms with E-state index in [9.17, 15) is 18.8 Å². The van der Waals surface area contributed by atoms with Crippen molar-refractivity contribution in [2.24, 2.45) is 0 Å². The van der Waals surface area contributed by atoms with Gasteiger partial charge in [-0.2, -0.15) is 0 Å². The molecule has 0 saturated carbocycles. The van der Waals surface area contributed by atoms with E-state index in [0.29, 0.717) is 41.1 Å². The molecule has 7 nitrogen and oxygen atoms in total. The Morgan fingerprint density at radius 2 is 1.93 bits per heavy atom. The molecule has 1 amide bonds. The number of carbonyl (C=O) groups excluding carboxylic acids is 2. The minimum absolute atomic E-state index is 0.183. The van der Waals surface area contributed by atoms with Crippen molar-refractivity contribution < 1.29 is 23.5 Å². The highest BCUT2D eigenvalue weighted by atomic mass is 32.1. The van der Waals surface area contributed by atoms with Gasteiger partial charge in [0.05, 0.1) is 30.4 Å². The molecule has 1 fully saturated rings. The Labute approximate surface area is 170 Å². The fourth-order valence-electron chi connectivity index (χ4n) is 2.84. The van der Waals surface area contributed by atoms with Gasteiger partial charge in [-0.05, 0) is 30.7 Å². The summed E-state index contributed by atoms with van der Waals surface area (Å²) in [5, 5.41) is 0. The lowest BCUT2D eigenvalue weighted by atomic mass is 10.2. The molecular weight excluding hydrogens is 399 g/mol. The number of esters is 1. The van der Waals surface area contributed by atoms with Gasteiger partial charge in [-0.1, -0.05) is 12.1 Å². The Kier molecular flexibility index (Phi) is 6.95. The van der Waals surface area contributed by atoms with E-state index in [1.807, 2.05) is 0 Å².